The van der Waals surface area contributed by atoms with E-state index < -0.39 is 23.9 Å². The third-order valence-corrected chi connectivity index (χ3v) is 4.46. The Hall–Kier alpha value is -3.56. The number of hydrogen-bond acceptors (Lipinski definition) is 8. The Morgan fingerprint density at radius 3 is 1.97 bits per heavy atom. The van der Waals surface area contributed by atoms with Gasteiger partial charge in [0.1, 0.15) is 5.70 Å². The van der Waals surface area contributed by atoms with Crippen LogP contribution < -0.4 is 9.47 Å². The molecule has 1 aliphatic heterocycles. The number of rotatable bonds is 9. The van der Waals surface area contributed by atoms with Crippen LogP contribution in [0.5, 0.6) is 11.5 Å². The van der Waals surface area contributed by atoms with Crippen LogP contribution in [-0.4, -0.2) is 75.2 Å². The van der Waals surface area contributed by atoms with Crippen LogP contribution in [0.1, 0.15) is 18.4 Å². The van der Waals surface area contributed by atoms with Crippen LogP contribution in [-0.2, 0) is 23.9 Å². The van der Waals surface area contributed by atoms with E-state index in [-0.39, 0.29) is 31.6 Å². The van der Waals surface area contributed by atoms with Gasteiger partial charge in [-0.3, -0.25) is 24.2 Å². The highest BCUT2D eigenvalue weighted by Crippen LogP contribution is 2.30. The van der Waals surface area contributed by atoms with Gasteiger partial charge in [0.05, 0.1) is 41.3 Å². The van der Waals surface area contributed by atoms with Crippen molar-refractivity contribution in [3.05, 3.63) is 29.5 Å². The molecule has 1 saturated heterocycles. The molecule has 0 spiro atoms. The van der Waals surface area contributed by atoms with Gasteiger partial charge < -0.3 is 18.9 Å². The van der Waals surface area contributed by atoms with E-state index in [1.165, 1.54) is 39.4 Å². The Morgan fingerprint density at radius 1 is 0.867 bits per heavy atom. The fourth-order valence-electron chi connectivity index (χ4n) is 2.85. The molecule has 10 heteroatoms. The minimum absolute atomic E-state index is 0.0505. The number of carbonyl (C=O) groups excluding carboxylic acids is 4. The summed E-state index contributed by atoms with van der Waals surface area (Å²) in [5.74, 6) is -0.686. The van der Waals surface area contributed by atoms with E-state index in [1.54, 1.807) is 18.2 Å². The van der Waals surface area contributed by atoms with Gasteiger partial charge in [-0.25, -0.2) is 4.79 Å². The summed E-state index contributed by atoms with van der Waals surface area (Å²) in [6.45, 7) is -0.187. The summed E-state index contributed by atoms with van der Waals surface area (Å²) in [6.07, 6.45) is 1.28. The number of urea groups is 1. The number of methoxy groups -OCH3 is 4. The maximum atomic E-state index is 12.9. The highest BCUT2D eigenvalue weighted by Gasteiger charge is 2.41. The van der Waals surface area contributed by atoms with Crippen molar-refractivity contribution in [1.29, 1.82) is 0 Å². The fraction of sp³-hybridized carbons (Fsp3) is 0.400. The van der Waals surface area contributed by atoms with E-state index >= 15 is 0 Å². The molecule has 1 heterocycles. The molecular weight excluding hydrogens is 396 g/mol. The molecule has 30 heavy (non-hydrogen) atoms. The molecule has 0 aromatic heterocycles. The van der Waals surface area contributed by atoms with Crippen LogP contribution in [0.15, 0.2) is 23.9 Å². The van der Waals surface area contributed by atoms with Crippen LogP contribution in [0, 0.1) is 0 Å². The number of carbonyl (C=O) groups is 4. The lowest BCUT2D eigenvalue weighted by Crippen LogP contribution is -2.35. The standard InChI is InChI=1S/C20H24N2O8/c1-27-15-6-5-13(12-16(15)28-2)11-14-19(25)22(10-8-18(24)30-4)20(26)21(14)9-7-17(23)29-3/h5-6,11-12H,7-10H2,1-4H3. The van der Waals surface area contributed by atoms with Crippen molar-refractivity contribution in [2.45, 2.75) is 12.8 Å². The highest BCUT2D eigenvalue weighted by atomic mass is 16.5. The van der Waals surface area contributed by atoms with Crippen LogP contribution in [0.2, 0.25) is 0 Å². The average molecular weight is 420 g/mol. The van der Waals surface area contributed by atoms with Gasteiger partial charge in [-0.15, -0.1) is 0 Å². The molecular formula is C20H24N2O8. The van der Waals surface area contributed by atoms with Crippen molar-refractivity contribution in [3.63, 3.8) is 0 Å². The summed E-state index contributed by atoms with van der Waals surface area (Å²) < 4.78 is 19.6. The topological polar surface area (TPSA) is 112 Å². The minimum Gasteiger partial charge on any atom is -0.493 e. The van der Waals surface area contributed by atoms with Crippen molar-refractivity contribution < 1.29 is 38.1 Å². The van der Waals surface area contributed by atoms with Crippen molar-refractivity contribution >= 4 is 30.0 Å². The van der Waals surface area contributed by atoms with Gasteiger partial charge in [-0.2, -0.15) is 0 Å². The monoisotopic (exact) mass is 420 g/mol. The lowest BCUT2D eigenvalue weighted by Gasteiger charge is -2.16. The number of amides is 3. The van der Waals surface area contributed by atoms with E-state index in [1.807, 2.05) is 0 Å². The SMILES string of the molecule is COC(=O)CCN1C(=O)C(=Cc2ccc(OC)c(OC)c2)N(CCC(=O)OC)C1=O. The van der Waals surface area contributed by atoms with Gasteiger partial charge in [0, 0.05) is 13.1 Å². The Bertz CT molecular complexity index is 864. The van der Waals surface area contributed by atoms with E-state index in [9.17, 15) is 19.2 Å². The smallest absolute Gasteiger partial charge is 0.331 e. The zero-order valence-corrected chi connectivity index (χ0v) is 17.3. The predicted octanol–water partition coefficient (Wildman–Crippen LogP) is 1.44. The minimum atomic E-state index is -0.625. The maximum absolute atomic E-state index is 12.9. The first-order chi connectivity index (χ1) is 14.4. The lowest BCUT2D eigenvalue weighted by atomic mass is 10.1. The number of nitrogens with zero attached hydrogens (tertiary/aromatic N) is 2. The van der Waals surface area contributed by atoms with Crippen molar-refractivity contribution in [2.75, 3.05) is 41.5 Å². The molecule has 10 nitrogen and oxygen atoms in total. The zero-order chi connectivity index (χ0) is 22.3. The second-order valence-corrected chi connectivity index (χ2v) is 6.19. The molecule has 3 amide bonds. The first-order valence-corrected chi connectivity index (χ1v) is 9.07. The molecule has 1 fully saturated rings. The third-order valence-electron chi connectivity index (χ3n) is 4.46. The largest absolute Gasteiger partial charge is 0.493 e. The molecule has 1 aromatic carbocycles. The number of benzene rings is 1. The predicted molar refractivity (Wildman–Crippen MR) is 105 cm³/mol. The second kappa shape index (κ2) is 10.3. The van der Waals surface area contributed by atoms with Gasteiger partial charge in [0.2, 0.25) is 0 Å². The summed E-state index contributed by atoms with van der Waals surface area (Å²) >= 11 is 0. The van der Waals surface area contributed by atoms with E-state index in [0.29, 0.717) is 17.1 Å². The Labute approximate surface area is 173 Å². The normalized spacial score (nSPS) is 14.9. The second-order valence-electron chi connectivity index (χ2n) is 6.19. The van der Waals surface area contributed by atoms with E-state index in [0.717, 1.165) is 4.90 Å². The average Bonchev–Trinajstić information content (AvgIpc) is 2.98. The number of hydrogen-bond donors (Lipinski definition) is 0. The van der Waals surface area contributed by atoms with Crippen LogP contribution in [0.4, 0.5) is 4.79 Å². The quantitative estimate of drug-likeness (QED) is 0.335. The fourth-order valence-corrected chi connectivity index (χ4v) is 2.85. The molecule has 1 aliphatic rings. The van der Waals surface area contributed by atoms with Crippen LogP contribution in [0.25, 0.3) is 6.08 Å². The first-order valence-electron chi connectivity index (χ1n) is 9.07. The van der Waals surface area contributed by atoms with Gasteiger partial charge in [-0.05, 0) is 23.8 Å². The molecule has 0 aliphatic carbocycles. The van der Waals surface area contributed by atoms with Crippen molar-refractivity contribution in [3.8, 4) is 11.5 Å². The number of imide groups is 1. The molecule has 1 aromatic rings. The summed E-state index contributed by atoms with van der Waals surface area (Å²) in [6, 6.07) is 4.39. The van der Waals surface area contributed by atoms with Gasteiger partial charge in [-0.1, -0.05) is 6.07 Å². The first kappa shape index (κ1) is 22.7. The molecule has 0 atom stereocenters. The molecule has 162 valence electrons. The van der Waals surface area contributed by atoms with Gasteiger partial charge >= 0.3 is 18.0 Å². The number of esters is 2. The molecule has 0 saturated carbocycles. The Kier molecular flexibility index (Phi) is 7.79. The van der Waals surface area contributed by atoms with Crippen LogP contribution >= 0.6 is 0 Å². The Balaban J connectivity index is 2.37. The third kappa shape index (κ3) is 5.07. The lowest BCUT2D eigenvalue weighted by molar-refractivity contribution is -0.141. The summed E-state index contributed by atoms with van der Waals surface area (Å²) in [5.41, 5.74) is 0.655. The zero-order valence-electron chi connectivity index (χ0n) is 17.3. The Morgan fingerprint density at radius 2 is 1.43 bits per heavy atom. The van der Waals surface area contributed by atoms with Crippen molar-refractivity contribution in [1.82, 2.24) is 9.80 Å². The van der Waals surface area contributed by atoms with Crippen LogP contribution in [0.3, 0.4) is 0 Å². The molecule has 0 unspecified atom stereocenters. The van der Waals surface area contributed by atoms with Crippen molar-refractivity contribution in [2.24, 2.45) is 0 Å². The summed E-state index contributed by atoms with van der Waals surface area (Å²) in [4.78, 5) is 50.8. The molecule has 0 N–H and O–H groups in total. The highest BCUT2D eigenvalue weighted by molar-refractivity contribution is 6.14. The molecule has 2 rings (SSSR count). The molecule has 0 bridgehead atoms. The van der Waals surface area contributed by atoms with E-state index in [2.05, 4.69) is 9.47 Å². The maximum Gasteiger partial charge on any atom is 0.331 e. The van der Waals surface area contributed by atoms with Gasteiger partial charge in [0.15, 0.2) is 11.5 Å². The number of ether oxygens (including phenoxy) is 4. The molecule has 0 radical (unpaired) electrons. The van der Waals surface area contributed by atoms with Gasteiger partial charge in [0.25, 0.3) is 5.91 Å². The van der Waals surface area contributed by atoms with E-state index in [4.69, 9.17) is 9.47 Å². The summed E-state index contributed by atoms with van der Waals surface area (Å²) in [5, 5.41) is 0. The summed E-state index contributed by atoms with van der Waals surface area (Å²) in [7, 11) is 5.45.